The van der Waals surface area contributed by atoms with Crippen molar-refractivity contribution in [3.05, 3.63) is 47.8 Å². The van der Waals surface area contributed by atoms with Crippen molar-refractivity contribution in [2.75, 3.05) is 38.0 Å². The molecule has 2 aromatic carbocycles. The maximum atomic E-state index is 15.2. The summed E-state index contributed by atoms with van der Waals surface area (Å²) < 4.78 is 78.9. The smallest absolute Gasteiger partial charge is 0.416 e. The summed E-state index contributed by atoms with van der Waals surface area (Å²) >= 11 is 0. The van der Waals surface area contributed by atoms with Crippen LogP contribution in [0.2, 0.25) is 0 Å². The Bertz CT molecular complexity index is 1090. The molecule has 0 saturated carbocycles. The van der Waals surface area contributed by atoms with E-state index in [4.69, 9.17) is 9.47 Å². The van der Waals surface area contributed by atoms with E-state index in [0.29, 0.717) is 19.5 Å². The molecule has 2 heterocycles. The van der Waals surface area contributed by atoms with Crippen molar-refractivity contribution in [3.63, 3.8) is 0 Å². The lowest BCUT2D eigenvalue weighted by Crippen LogP contribution is -2.58. The molecule has 2 fully saturated rings. The minimum absolute atomic E-state index is 0.0324. The highest BCUT2D eigenvalue weighted by Crippen LogP contribution is 2.41. The van der Waals surface area contributed by atoms with Crippen molar-refractivity contribution in [2.24, 2.45) is 5.92 Å². The van der Waals surface area contributed by atoms with Gasteiger partial charge in [-0.25, -0.2) is 17.7 Å². The Hall–Kier alpha value is -2.66. The van der Waals surface area contributed by atoms with Gasteiger partial charge in [0.1, 0.15) is 11.6 Å². The lowest BCUT2D eigenvalue weighted by molar-refractivity contribution is -0.137. The van der Waals surface area contributed by atoms with E-state index in [1.54, 1.807) is 10.6 Å². The summed E-state index contributed by atoms with van der Waals surface area (Å²) in [5.74, 6) is -0.814. The van der Waals surface area contributed by atoms with Crippen LogP contribution in [0.1, 0.15) is 12.0 Å². The minimum Gasteiger partial charge on any atom is -0.495 e. The van der Waals surface area contributed by atoms with Crippen LogP contribution in [-0.2, 0) is 21.9 Å². The molecular weight excluding hydrogens is 464 g/mol. The summed E-state index contributed by atoms with van der Waals surface area (Å²) in [7, 11) is 0.171. The third-order valence-electron chi connectivity index (χ3n) is 6.00. The molecule has 6 nitrogen and oxygen atoms in total. The number of anilines is 1. The van der Waals surface area contributed by atoms with Crippen molar-refractivity contribution in [3.8, 4) is 16.9 Å². The van der Waals surface area contributed by atoms with Crippen LogP contribution in [0.15, 0.2) is 36.4 Å². The number of nitrogens with zero attached hydrogens (tertiary/aromatic N) is 2. The normalized spacial score (nSPS) is 22.5. The summed E-state index contributed by atoms with van der Waals surface area (Å²) in [6.07, 6.45) is -3.15. The standard InChI is InChI=1S/C22H22F4N2O4S/c1-31-20-9-16(13-4-3-5-15(8-13)22(24,25)26)17(23)10-19(20)28-18-6-7-27(33(2)30)11-14(18)12-32-21(28)29/h3-5,8-10,14,18H,6-7,11-12H2,1-2H3. The number of alkyl halides is 3. The molecule has 0 spiro atoms. The van der Waals surface area contributed by atoms with Gasteiger partial charge in [0.05, 0.1) is 36.0 Å². The van der Waals surface area contributed by atoms with Gasteiger partial charge in [0, 0.05) is 42.9 Å². The van der Waals surface area contributed by atoms with Gasteiger partial charge in [-0.3, -0.25) is 4.90 Å². The summed E-state index contributed by atoms with van der Waals surface area (Å²) in [4.78, 5) is 14.0. The van der Waals surface area contributed by atoms with Gasteiger partial charge in [-0.05, 0) is 30.2 Å². The second kappa shape index (κ2) is 8.94. The van der Waals surface area contributed by atoms with E-state index in [2.05, 4.69) is 0 Å². The number of carbonyl (C=O) groups excluding carboxylic acids is 1. The highest BCUT2D eigenvalue weighted by Gasteiger charge is 2.43. The van der Waals surface area contributed by atoms with Crippen LogP contribution in [0.3, 0.4) is 0 Å². The molecule has 0 radical (unpaired) electrons. The SMILES string of the molecule is COc1cc(-c2cccc(C(F)(F)F)c2)c(F)cc1N1C(=O)OCC2CN(S(C)=O)CCC21. The Morgan fingerprint density at radius 3 is 2.64 bits per heavy atom. The van der Waals surface area contributed by atoms with Crippen LogP contribution in [0.25, 0.3) is 11.1 Å². The number of benzene rings is 2. The van der Waals surface area contributed by atoms with E-state index in [-0.39, 0.29) is 41.1 Å². The predicted molar refractivity (Wildman–Crippen MR) is 115 cm³/mol. The summed E-state index contributed by atoms with van der Waals surface area (Å²) in [5, 5.41) is 0. The van der Waals surface area contributed by atoms with E-state index in [1.165, 1.54) is 30.2 Å². The second-order valence-electron chi connectivity index (χ2n) is 7.96. The highest BCUT2D eigenvalue weighted by atomic mass is 32.2. The first-order valence-corrected chi connectivity index (χ1v) is 11.7. The Morgan fingerprint density at radius 2 is 1.97 bits per heavy atom. The fraction of sp³-hybridized carbons (Fsp3) is 0.409. The van der Waals surface area contributed by atoms with Crippen molar-refractivity contribution >= 4 is 22.8 Å². The third-order valence-corrected chi connectivity index (χ3v) is 7.06. The molecule has 178 valence electrons. The number of ether oxygens (including phenoxy) is 2. The maximum absolute atomic E-state index is 15.2. The average molecular weight is 486 g/mol. The first-order chi connectivity index (χ1) is 15.6. The zero-order chi connectivity index (χ0) is 23.9. The van der Waals surface area contributed by atoms with E-state index >= 15 is 4.39 Å². The van der Waals surface area contributed by atoms with Gasteiger partial charge in [-0.15, -0.1) is 0 Å². The molecule has 3 unspecified atom stereocenters. The number of amides is 1. The Morgan fingerprint density at radius 1 is 1.21 bits per heavy atom. The number of methoxy groups -OCH3 is 1. The Kier molecular flexibility index (Phi) is 6.37. The largest absolute Gasteiger partial charge is 0.495 e. The first-order valence-electron chi connectivity index (χ1n) is 10.2. The number of carbonyl (C=O) groups is 1. The molecule has 0 aliphatic carbocycles. The number of cyclic esters (lactones) is 1. The zero-order valence-electron chi connectivity index (χ0n) is 17.9. The first kappa shape index (κ1) is 23.5. The van der Waals surface area contributed by atoms with Gasteiger partial charge in [-0.1, -0.05) is 12.1 Å². The third kappa shape index (κ3) is 4.56. The molecule has 11 heteroatoms. The number of halogens is 4. The van der Waals surface area contributed by atoms with Crippen LogP contribution in [0.5, 0.6) is 5.75 Å². The lowest BCUT2D eigenvalue weighted by atomic mass is 9.91. The number of rotatable bonds is 4. The maximum Gasteiger partial charge on any atom is 0.416 e. The molecule has 0 N–H and O–H groups in total. The molecule has 2 aliphatic heterocycles. The summed E-state index contributed by atoms with van der Waals surface area (Å²) in [6.45, 7) is 1.09. The molecule has 1 amide bonds. The molecule has 0 aromatic heterocycles. The van der Waals surface area contributed by atoms with E-state index < -0.39 is 34.6 Å². The second-order valence-corrected chi connectivity index (χ2v) is 9.32. The average Bonchev–Trinajstić information content (AvgIpc) is 2.78. The fourth-order valence-electron chi connectivity index (χ4n) is 4.36. The van der Waals surface area contributed by atoms with Gasteiger partial charge in [0.2, 0.25) is 0 Å². The molecule has 2 saturated heterocycles. The van der Waals surface area contributed by atoms with Crippen molar-refractivity contribution < 1.29 is 36.0 Å². The predicted octanol–water partition coefficient (Wildman–Crippen LogP) is 4.46. The molecular formula is C22H22F4N2O4S. The van der Waals surface area contributed by atoms with Gasteiger partial charge >= 0.3 is 12.3 Å². The fourth-order valence-corrected chi connectivity index (χ4v) is 5.13. The molecule has 2 aromatic rings. The number of piperidine rings is 1. The van der Waals surface area contributed by atoms with Crippen molar-refractivity contribution in [1.82, 2.24) is 4.31 Å². The van der Waals surface area contributed by atoms with Crippen LogP contribution in [0.4, 0.5) is 28.0 Å². The summed E-state index contributed by atoms with van der Waals surface area (Å²) in [5.41, 5.74) is -0.814. The lowest BCUT2D eigenvalue weighted by Gasteiger charge is -2.45. The van der Waals surface area contributed by atoms with Gasteiger partial charge in [0.15, 0.2) is 0 Å². The zero-order valence-corrected chi connectivity index (χ0v) is 18.7. The van der Waals surface area contributed by atoms with Gasteiger partial charge < -0.3 is 9.47 Å². The van der Waals surface area contributed by atoms with Crippen LogP contribution in [-0.4, -0.2) is 53.7 Å². The Labute approximate surface area is 190 Å². The van der Waals surface area contributed by atoms with E-state index in [1.807, 2.05) is 0 Å². The molecule has 3 atom stereocenters. The number of fused-ring (bicyclic) bond motifs is 1. The van der Waals surface area contributed by atoms with E-state index in [9.17, 15) is 22.2 Å². The van der Waals surface area contributed by atoms with Crippen LogP contribution < -0.4 is 9.64 Å². The minimum atomic E-state index is -4.57. The highest BCUT2D eigenvalue weighted by molar-refractivity contribution is 7.81. The quantitative estimate of drug-likeness (QED) is 0.599. The Balaban J connectivity index is 1.73. The van der Waals surface area contributed by atoms with Crippen molar-refractivity contribution in [2.45, 2.75) is 18.6 Å². The van der Waals surface area contributed by atoms with Gasteiger partial charge in [0.25, 0.3) is 0 Å². The summed E-state index contributed by atoms with van der Waals surface area (Å²) in [6, 6.07) is 6.40. The molecule has 0 bridgehead atoms. The van der Waals surface area contributed by atoms with Gasteiger partial charge in [-0.2, -0.15) is 13.2 Å². The molecule has 4 rings (SSSR count). The van der Waals surface area contributed by atoms with Crippen LogP contribution >= 0.6 is 0 Å². The van der Waals surface area contributed by atoms with Crippen LogP contribution in [0, 0.1) is 11.7 Å². The molecule has 33 heavy (non-hydrogen) atoms. The topological polar surface area (TPSA) is 59.1 Å². The number of hydrogen-bond acceptors (Lipinski definition) is 4. The number of hydrogen-bond donors (Lipinski definition) is 0. The van der Waals surface area contributed by atoms with E-state index in [0.717, 1.165) is 18.2 Å². The van der Waals surface area contributed by atoms with Crippen molar-refractivity contribution in [1.29, 1.82) is 0 Å². The molecule has 2 aliphatic rings. The monoisotopic (exact) mass is 486 g/mol.